The summed E-state index contributed by atoms with van der Waals surface area (Å²) >= 11 is 2.22. The molecule has 4 nitrogen and oxygen atoms in total. The van der Waals surface area contributed by atoms with Crippen LogP contribution in [0.4, 0.5) is 0 Å². The highest BCUT2D eigenvalue weighted by molar-refractivity contribution is 14.1. The van der Waals surface area contributed by atoms with Crippen LogP contribution in [-0.4, -0.2) is 0 Å². The largest absolute Gasteiger partial charge is 0.646 e. The van der Waals surface area contributed by atoms with Crippen LogP contribution < -0.4 is 9.05 Å². The molecule has 0 saturated heterocycles. The molecule has 0 radical (unpaired) electrons. The monoisotopic (exact) mass is 520 g/mol. The van der Waals surface area contributed by atoms with E-state index in [0.29, 0.717) is 23.7 Å². The Morgan fingerprint density at radius 3 is 1.69 bits per heavy atom. The SMILES string of the molecule is CCC/C(OP(=O)(Oc1ccccc1)Oc1ccccc1)=C(\I)c1ccccc1. The molecule has 0 aliphatic heterocycles. The topological polar surface area (TPSA) is 44.8 Å². The van der Waals surface area contributed by atoms with E-state index in [1.807, 2.05) is 49.4 Å². The molecule has 0 N–H and O–H groups in total. The average molecular weight is 520 g/mol. The summed E-state index contributed by atoms with van der Waals surface area (Å²) < 4.78 is 32.0. The maximum Gasteiger partial charge on any atom is 0.646 e. The van der Waals surface area contributed by atoms with Gasteiger partial charge in [0.25, 0.3) is 0 Å². The molecule has 150 valence electrons. The first-order chi connectivity index (χ1) is 14.1. The Morgan fingerprint density at radius 2 is 1.24 bits per heavy atom. The van der Waals surface area contributed by atoms with Crippen molar-refractivity contribution in [1.29, 1.82) is 0 Å². The number of phosphoric acid groups is 1. The van der Waals surface area contributed by atoms with Crippen LogP contribution in [0.15, 0.2) is 96.8 Å². The van der Waals surface area contributed by atoms with Gasteiger partial charge in [0.1, 0.15) is 17.3 Å². The fourth-order valence-electron chi connectivity index (χ4n) is 2.58. The summed E-state index contributed by atoms with van der Waals surface area (Å²) in [4.78, 5) is 0. The summed E-state index contributed by atoms with van der Waals surface area (Å²) in [6, 6.07) is 27.6. The molecule has 3 rings (SSSR count). The Balaban J connectivity index is 1.96. The van der Waals surface area contributed by atoms with Gasteiger partial charge < -0.3 is 13.6 Å². The van der Waals surface area contributed by atoms with E-state index < -0.39 is 7.82 Å². The lowest BCUT2D eigenvalue weighted by Gasteiger charge is -2.22. The zero-order chi connectivity index (χ0) is 20.5. The van der Waals surface area contributed by atoms with Crippen LogP contribution >= 0.6 is 30.4 Å². The van der Waals surface area contributed by atoms with E-state index in [4.69, 9.17) is 13.6 Å². The molecule has 0 bridgehead atoms. The van der Waals surface area contributed by atoms with Crippen LogP contribution in [0.25, 0.3) is 3.58 Å². The molecule has 0 aromatic heterocycles. The predicted octanol–water partition coefficient (Wildman–Crippen LogP) is 7.87. The molecule has 0 fully saturated rings. The first-order valence-corrected chi connectivity index (χ1v) is 11.9. The molecule has 3 aromatic carbocycles. The van der Waals surface area contributed by atoms with Crippen molar-refractivity contribution in [1.82, 2.24) is 0 Å². The number of hydrogen-bond acceptors (Lipinski definition) is 4. The van der Waals surface area contributed by atoms with Crippen LogP contribution in [0.5, 0.6) is 11.5 Å². The Labute approximate surface area is 185 Å². The third-order valence-corrected chi connectivity index (χ3v) is 6.43. The summed E-state index contributed by atoms with van der Waals surface area (Å²) in [6.45, 7) is 2.04. The highest BCUT2D eigenvalue weighted by atomic mass is 127. The maximum absolute atomic E-state index is 13.7. The lowest BCUT2D eigenvalue weighted by Crippen LogP contribution is -2.06. The molecule has 0 aliphatic rings. The lowest BCUT2D eigenvalue weighted by atomic mass is 10.2. The second kappa shape index (κ2) is 10.5. The molecule has 6 heteroatoms. The van der Waals surface area contributed by atoms with Crippen molar-refractivity contribution >= 4 is 34.0 Å². The van der Waals surface area contributed by atoms with Gasteiger partial charge in [-0.05, 0) is 58.8 Å². The molecule has 0 saturated carbocycles. The van der Waals surface area contributed by atoms with Crippen molar-refractivity contribution in [2.24, 2.45) is 0 Å². The Morgan fingerprint density at radius 1 is 0.793 bits per heavy atom. The second-order valence-corrected chi connectivity index (χ2v) is 8.72. The molecule has 29 heavy (non-hydrogen) atoms. The minimum atomic E-state index is -3.99. The van der Waals surface area contributed by atoms with E-state index in [9.17, 15) is 4.57 Å². The fraction of sp³-hybridized carbons (Fsp3) is 0.130. The second-order valence-electron chi connectivity index (χ2n) is 6.20. The molecular weight excluding hydrogens is 498 g/mol. The van der Waals surface area contributed by atoms with E-state index in [0.717, 1.165) is 15.6 Å². The molecule has 0 aliphatic carbocycles. The third-order valence-electron chi connectivity index (χ3n) is 3.89. The van der Waals surface area contributed by atoms with Gasteiger partial charge in [-0.25, -0.2) is 0 Å². The van der Waals surface area contributed by atoms with E-state index in [1.165, 1.54) is 0 Å². The van der Waals surface area contributed by atoms with Crippen molar-refractivity contribution in [3.63, 3.8) is 0 Å². The van der Waals surface area contributed by atoms with Gasteiger partial charge in [-0.15, -0.1) is 0 Å². The van der Waals surface area contributed by atoms with Gasteiger partial charge >= 0.3 is 7.82 Å². The summed E-state index contributed by atoms with van der Waals surface area (Å²) in [5.74, 6) is 1.41. The molecular formula is C23H22IO4P. The summed E-state index contributed by atoms with van der Waals surface area (Å²) in [5, 5.41) is 0. The number of hydrogen-bond donors (Lipinski definition) is 0. The number of allylic oxidation sites excluding steroid dienone is 1. The molecule has 0 amide bonds. The quantitative estimate of drug-likeness (QED) is 0.164. The third kappa shape index (κ3) is 6.38. The normalized spacial score (nSPS) is 12.1. The van der Waals surface area contributed by atoms with Gasteiger partial charge in [0, 0.05) is 6.42 Å². The lowest BCUT2D eigenvalue weighted by molar-refractivity contribution is 0.252. The Hall–Kier alpha value is -2.24. The first kappa shape index (κ1) is 21.5. The summed E-state index contributed by atoms with van der Waals surface area (Å²) in [7, 11) is -3.99. The van der Waals surface area contributed by atoms with Gasteiger partial charge in [-0.3, -0.25) is 0 Å². The van der Waals surface area contributed by atoms with E-state index >= 15 is 0 Å². The molecule has 0 heterocycles. The zero-order valence-corrected chi connectivity index (χ0v) is 19.1. The van der Waals surface area contributed by atoms with Crippen LogP contribution in [0, 0.1) is 0 Å². The van der Waals surface area contributed by atoms with Gasteiger partial charge in [-0.2, -0.15) is 4.57 Å². The highest BCUT2D eigenvalue weighted by Gasteiger charge is 2.34. The van der Waals surface area contributed by atoms with E-state index in [-0.39, 0.29) is 0 Å². The van der Waals surface area contributed by atoms with Crippen LogP contribution in [-0.2, 0) is 9.09 Å². The minimum Gasteiger partial charge on any atom is -0.389 e. The zero-order valence-electron chi connectivity index (χ0n) is 16.0. The number of para-hydroxylation sites is 2. The van der Waals surface area contributed by atoms with Crippen LogP contribution in [0.2, 0.25) is 0 Å². The van der Waals surface area contributed by atoms with Gasteiger partial charge in [0.2, 0.25) is 0 Å². The maximum atomic E-state index is 13.7. The van der Waals surface area contributed by atoms with Crippen molar-refractivity contribution in [2.75, 3.05) is 0 Å². The number of rotatable bonds is 9. The van der Waals surface area contributed by atoms with Gasteiger partial charge in [0.15, 0.2) is 0 Å². The summed E-state index contributed by atoms with van der Waals surface area (Å²) in [6.07, 6.45) is 1.43. The number of phosphoric ester groups is 1. The van der Waals surface area contributed by atoms with E-state index in [2.05, 4.69) is 22.6 Å². The highest BCUT2D eigenvalue weighted by Crippen LogP contribution is 2.53. The summed E-state index contributed by atoms with van der Waals surface area (Å²) in [5.41, 5.74) is 0.988. The standard InChI is InChI=1S/C23H22IO4P/c1-2-12-22(23(24)19-13-6-3-7-14-19)28-29(25,26-20-15-8-4-9-16-20)27-21-17-10-5-11-18-21/h3-11,13-18H,2,12H2,1H3/b23-22+. The van der Waals surface area contributed by atoms with Crippen molar-refractivity contribution < 1.29 is 18.1 Å². The molecule has 0 atom stereocenters. The predicted molar refractivity (Wildman–Crippen MR) is 125 cm³/mol. The number of halogens is 1. The fourth-order valence-corrected chi connectivity index (χ4v) is 4.82. The van der Waals surface area contributed by atoms with Crippen molar-refractivity contribution in [3.8, 4) is 11.5 Å². The molecule has 0 spiro atoms. The average Bonchev–Trinajstić information content (AvgIpc) is 2.75. The van der Waals surface area contributed by atoms with E-state index in [1.54, 1.807) is 48.5 Å². The smallest absolute Gasteiger partial charge is 0.389 e. The minimum absolute atomic E-state index is 0.414. The van der Waals surface area contributed by atoms with Crippen LogP contribution in [0.1, 0.15) is 25.3 Å². The Bertz CT molecular complexity index is 930. The number of benzene rings is 3. The van der Waals surface area contributed by atoms with Crippen molar-refractivity contribution in [3.05, 3.63) is 102 Å². The van der Waals surface area contributed by atoms with Crippen LogP contribution in [0.3, 0.4) is 0 Å². The van der Waals surface area contributed by atoms with Crippen molar-refractivity contribution in [2.45, 2.75) is 19.8 Å². The molecule has 0 unspecified atom stereocenters. The van der Waals surface area contributed by atoms with Gasteiger partial charge in [-0.1, -0.05) is 73.7 Å². The Kier molecular flexibility index (Phi) is 7.78. The first-order valence-electron chi connectivity index (χ1n) is 9.32. The molecule has 3 aromatic rings. The van der Waals surface area contributed by atoms with Gasteiger partial charge in [0.05, 0.1) is 3.58 Å².